The Kier molecular flexibility index (Phi) is 3.48. The highest BCUT2D eigenvalue weighted by Crippen LogP contribution is 2.37. The molecule has 3 rings (SSSR count). The fourth-order valence-corrected chi connectivity index (χ4v) is 2.77. The average molecular weight is 299 g/mol. The summed E-state index contributed by atoms with van der Waals surface area (Å²) in [5.74, 6) is 0.499. The minimum absolute atomic E-state index is 0.122. The molecule has 0 aliphatic carbocycles. The number of carbonyl (C=O) groups is 1. The summed E-state index contributed by atoms with van der Waals surface area (Å²) in [6.45, 7) is 1.81. The number of ether oxygens (including phenoxy) is 2. The molecule has 1 aromatic carbocycles. The van der Waals surface area contributed by atoms with Crippen LogP contribution in [-0.2, 0) is 11.8 Å². The van der Waals surface area contributed by atoms with Gasteiger partial charge in [0.25, 0.3) is 5.56 Å². The zero-order chi connectivity index (χ0) is 15.9. The van der Waals surface area contributed by atoms with Crippen LogP contribution in [0.5, 0.6) is 11.5 Å². The van der Waals surface area contributed by atoms with E-state index in [4.69, 9.17) is 9.47 Å². The molecule has 1 atom stereocenters. The van der Waals surface area contributed by atoms with Crippen molar-refractivity contribution in [3.8, 4) is 11.5 Å². The maximum absolute atomic E-state index is 12.6. The van der Waals surface area contributed by atoms with E-state index in [1.807, 2.05) is 31.2 Å². The Morgan fingerprint density at radius 2 is 1.91 bits per heavy atom. The number of pyridine rings is 1. The summed E-state index contributed by atoms with van der Waals surface area (Å²) in [4.78, 5) is 24.5. The minimum atomic E-state index is -0.319. The molecule has 0 unspecified atom stereocenters. The molecule has 0 N–H and O–H groups in total. The molecule has 1 aliphatic heterocycles. The van der Waals surface area contributed by atoms with Crippen LogP contribution in [0.15, 0.2) is 35.1 Å². The number of benzene rings is 1. The number of methoxy groups -OCH3 is 1. The Morgan fingerprint density at radius 3 is 2.55 bits per heavy atom. The number of rotatable bonds is 2. The van der Waals surface area contributed by atoms with E-state index in [1.54, 1.807) is 24.8 Å². The minimum Gasteiger partial charge on any atom is -0.497 e. The van der Waals surface area contributed by atoms with Crippen LogP contribution in [-0.4, -0.2) is 17.6 Å². The molecule has 0 saturated carbocycles. The number of esters is 1. The smallest absolute Gasteiger partial charge is 0.312 e. The first-order chi connectivity index (χ1) is 10.5. The Labute approximate surface area is 128 Å². The first-order valence-electron chi connectivity index (χ1n) is 7.06. The molecule has 114 valence electrons. The van der Waals surface area contributed by atoms with Crippen molar-refractivity contribution in [3.05, 3.63) is 57.5 Å². The predicted molar refractivity (Wildman–Crippen MR) is 81.5 cm³/mol. The SMILES string of the molecule is COc1ccc([C@@H]2CC(=O)Oc3cc(C)n(C)c(=O)c32)cc1. The highest BCUT2D eigenvalue weighted by atomic mass is 16.5. The van der Waals surface area contributed by atoms with E-state index in [-0.39, 0.29) is 23.9 Å². The first kappa shape index (κ1) is 14.4. The van der Waals surface area contributed by atoms with Crippen molar-refractivity contribution in [2.45, 2.75) is 19.3 Å². The number of fused-ring (bicyclic) bond motifs is 1. The van der Waals surface area contributed by atoms with Gasteiger partial charge in [-0.3, -0.25) is 9.59 Å². The van der Waals surface area contributed by atoms with Crippen LogP contribution in [0.3, 0.4) is 0 Å². The fraction of sp³-hybridized carbons (Fsp3) is 0.294. The molecule has 5 nitrogen and oxygen atoms in total. The van der Waals surface area contributed by atoms with Crippen LogP contribution >= 0.6 is 0 Å². The van der Waals surface area contributed by atoms with Crippen molar-refractivity contribution in [3.63, 3.8) is 0 Å². The third-order valence-corrected chi connectivity index (χ3v) is 4.13. The molecular weight excluding hydrogens is 282 g/mol. The van der Waals surface area contributed by atoms with Crippen LogP contribution < -0.4 is 15.0 Å². The lowest BCUT2D eigenvalue weighted by Gasteiger charge is -2.25. The molecule has 0 amide bonds. The van der Waals surface area contributed by atoms with Crippen molar-refractivity contribution in [2.24, 2.45) is 7.05 Å². The highest BCUT2D eigenvalue weighted by Gasteiger charge is 2.32. The number of hydrogen-bond acceptors (Lipinski definition) is 4. The van der Waals surface area contributed by atoms with Crippen LogP contribution in [0.2, 0.25) is 0 Å². The Bertz CT molecular complexity index is 790. The van der Waals surface area contributed by atoms with Crippen molar-refractivity contribution in [2.75, 3.05) is 7.11 Å². The van der Waals surface area contributed by atoms with Gasteiger partial charge in [-0.25, -0.2) is 0 Å². The molecule has 0 radical (unpaired) electrons. The Hall–Kier alpha value is -2.56. The van der Waals surface area contributed by atoms with E-state index in [0.717, 1.165) is 17.0 Å². The van der Waals surface area contributed by atoms with Gasteiger partial charge in [0.2, 0.25) is 0 Å². The predicted octanol–water partition coefficient (Wildman–Crippen LogP) is 2.14. The largest absolute Gasteiger partial charge is 0.497 e. The number of aryl methyl sites for hydroxylation is 1. The molecule has 22 heavy (non-hydrogen) atoms. The third kappa shape index (κ3) is 2.28. The Morgan fingerprint density at radius 1 is 1.23 bits per heavy atom. The monoisotopic (exact) mass is 299 g/mol. The summed E-state index contributed by atoms with van der Waals surface area (Å²) in [6, 6.07) is 9.15. The molecule has 1 aliphatic rings. The summed E-state index contributed by atoms with van der Waals surface area (Å²) in [5, 5.41) is 0. The van der Waals surface area contributed by atoms with E-state index in [2.05, 4.69) is 0 Å². The maximum Gasteiger partial charge on any atom is 0.312 e. The number of nitrogens with zero attached hydrogens (tertiary/aromatic N) is 1. The normalized spacial score (nSPS) is 16.9. The fourth-order valence-electron chi connectivity index (χ4n) is 2.77. The van der Waals surface area contributed by atoms with Crippen molar-refractivity contribution >= 4 is 5.97 Å². The van der Waals surface area contributed by atoms with E-state index >= 15 is 0 Å². The summed E-state index contributed by atoms with van der Waals surface area (Å²) in [7, 11) is 3.32. The van der Waals surface area contributed by atoms with Gasteiger partial charge >= 0.3 is 5.97 Å². The lowest BCUT2D eigenvalue weighted by molar-refractivity contribution is -0.135. The molecule has 0 fully saturated rings. The van der Waals surface area contributed by atoms with Crippen LogP contribution in [0.1, 0.15) is 29.2 Å². The van der Waals surface area contributed by atoms with E-state index < -0.39 is 0 Å². The highest BCUT2D eigenvalue weighted by molar-refractivity contribution is 5.77. The van der Waals surface area contributed by atoms with Crippen LogP contribution in [0, 0.1) is 6.92 Å². The topological polar surface area (TPSA) is 57.5 Å². The van der Waals surface area contributed by atoms with Crippen LogP contribution in [0.25, 0.3) is 0 Å². The first-order valence-corrected chi connectivity index (χ1v) is 7.06. The lowest BCUT2D eigenvalue weighted by atomic mass is 9.87. The van der Waals surface area contributed by atoms with Gasteiger partial charge in [0.1, 0.15) is 11.5 Å². The molecule has 0 spiro atoms. The quantitative estimate of drug-likeness (QED) is 0.797. The molecular formula is C17H17NO4. The summed E-state index contributed by atoms with van der Waals surface area (Å²) >= 11 is 0. The van der Waals surface area contributed by atoms with Gasteiger partial charge in [-0.2, -0.15) is 0 Å². The van der Waals surface area contributed by atoms with Gasteiger partial charge in [-0.15, -0.1) is 0 Å². The molecule has 2 aromatic rings. The molecule has 1 aromatic heterocycles. The molecule has 0 saturated heterocycles. The van der Waals surface area contributed by atoms with E-state index in [9.17, 15) is 9.59 Å². The number of aromatic nitrogens is 1. The average Bonchev–Trinajstić information content (AvgIpc) is 2.52. The second kappa shape index (κ2) is 5.33. The molecule has 5 heteroatoms. The van der Waals surface area contributed by atoms with E-state index in [1.165, 1.54) is 0 Å². The van der Waals surface area contributed by atoms with Gasteiger partial charge < -0.3 is 14.0 Å². The van der Waals surface area contributed by atoms with Gasteiger partial charge in [0.05, 0.1) is 19.1 Å². The third-order valence-electron chi connectivity index (χ3n) is 4.13. The van der Waals surface area contributed by atoms with Crippen molar-refractivity contribution in [1.29, 1.82) is 0 Å². The van der Waals surface area contributed by atoms with Crippen LogP contribution in [0.4, 0.5) is 0 Å². The van der Waals surface area contributed by atoms with Gasteiger partial charge in [-0.05, 0) is 24.6 Å². The second-order valence-corrected chi connectivity index (χ2v) is 5.43. The standard InChI is InChI=1S/C17H17NO4/c1-10-8-14-16(17(20)18(10)2)13(9-15(19)22-14)11-4-6-12(21-3)7-5-11/h4-8,13H,9H2,1-3H3/t13-/m0/s1. The van der Waals surface area contributed by atoms with Crippen molar-refractivity contribution < 1.29 is 14.3 Å². The molecule has 2 heterocycles. The number of hydrogen-bond donors (Lipinski definition) is 0. The zero-order valence-corrected chi connectivity index (χ0v) is 12.8. The summed E-state index contributed by atoms with van der Waals surface area (Å²) < 4.78 is 12.0. The second-order valence-electron chi connectivity index (χ2n) is 5.43. The summed E-state index contributed by atoms with van der Waals surface area (Å²) in [5.41, 5.74) is 2.08. The lowest BCUT2D eigenvalue weighted by Crippen LogP contribution is -2.31. The zero-order valence-electron chi connectivity index (χ0n) is 12.8. The summed E-state index contributed by atoms with van der Waals surface area (Å²) in [6.07, 6.45) is 0.164. The maximum atomic E-state index is 12.6. The number of carbonyl (C=O) groups excluding carboxylic acids is 1. The van der Waals surface area contributed by atoms with Gasteiger partial charge in [-0.1, -0.05) is 12.1 Å². The van der Waals surface area contributed by atoms with Gasteiger partial charge in [0.15, 0.2) is 0 Å². The van der Waals surface area contributed by atoms with Gasteiger partial charge in [0, 0.05) is 24.7 Å². The van der Waals surface area contributed by atoms with Crippen molar-refractivity contribution in [1.82, 2.24) is 4.57 Å². The molecule has 0 bridgehead atoms. The van der Waals surface area contributed by atoms with E-state index in [0.29, 0.717) is 11.3 Å². The Balaban J connectivity index is 2.16.